The molecule has 278 valence electrons. The predicted molar refractivity (Wildman–Crippen MR) is 197 cm³/mol. The van der Waals surface area contributed by atoms with Crippen molar-refractivity contribution >= 4 is 61.1 Å². The van der Waals surface area contributed by atoms with Crippen LogP contribution in [0.4, 0.5) is 14.9 Å². The molecule has 1 aromatic heterocycles. The van der Waals surface area contributed by atoms with E-state index in [1.54, 1.807) is 20.5 Å². The number of aryl methyl sites for hydroxylation is 1. The van der Waals surface area contributed by atoms with Crippen molar-refractivity contribution in [2.45, 2.75) is 53.0 Å². The lowest BCUT2D eigenvalue weighted by Crippen LogP contribution is -2.45. The highest BCUT2D eigenvalue weighted by Crippen LogP contribution is 2.39. The summed E-state index contributed by atoms with van der Waals surface area (Å²) in [6.07, 6.45) is 1.58. The highest BCUT2D eigenvalue weighted by atomic mass is 31.1. The summed E-state index contributed by atoms with van der Waals surface area (Å²) in [6.45, 7) is 12.6. The van der Waals surface area contributed by atoms with E-state index in [0.29, 0.717) is 42.0 Å². The Morgan fingerprint density at radius 3 is 2.35 bits per heavy atom. The van der Waals surface area contributed by atoms with Crippen molar-refractivity contribution in [1.29, 1.82) is 0 Å². The fourth-order valence-electron chi connectivity index (χ4n) is 5.77. The number of imide groups is 1. The molecule has 0 spiro atoms. The number of H-pyrrole nitrogens is 1. The standard InChI is InChI=1S/C35H50FN8O6P/c1-7-43(8-2)18-16-39-32(47)31-21(3)27(40-22(31)4)20-25-24-19-23(36)9-10-28(24)44(33(25)48)35(50)42(5)17-15-38-29(45)11-12-30(46)41-26(13-14-37)34(49)51-6/h9-10,19-20,26,40,51H,7-8,11-18,37H2,1-6H3,(H,38,45)(H,39,47)(H,41,46)/b25-20-/t26-/m1/s1. The van der Waals surface area contributed by atoms with Gasteiger partial charge in [-0.15, -0.1) is 0 Å². The molecule has 0 bridgehead atoms. The van der Waals surface area contributed by atoms with Gasteiger partial charge < -0.3 is 36.5 Å². The topological polar surface area (TPSA) is 190 Å². The zero-order valence-corrected chi connectivity index (χ0v) is 31.2. The third-order valence-corrected chi connectivity index (χ3v) is 9.58. The third kappa shape index (κ3) is 10.5. The summed E-state index contributed by atoms with van der Waals surface area (Å²) in [7, 11) is 1.48. The summed E-state index contributed by atoms with van der Waals surface area (Å²) in [5.41, 5.74) is 8.05. The summed E-state index contributed by atoms with van der Waals surface area (Å²) in [6, 6.07) is 2.34. The van der Waals surface area contributed by atoms with Crippen molar-refractivity contribution in [2.24, 2.45) is 5.73 Å². The number of nitrogens with one attached hydrogen (secondary N) is 4. The monoisotopic (exact) mass is 728 g/mol. The number of nitrogens with two attached hydrogens (primary N) is 1. The molecule has 1 aromatic carbocycles. The van der Waals surface area contributed by atoms with E-state index in [2.05, 4.69) is 39.7 Å². The number of amides is 6. The number of hydrogen-bond acceptors (Lipinski definition) is 8. The molecule has 2 heterocycles. The average molecular weight is 729 g/mol. The second-order valence-electron chi connectivity index (χ2n) is 12.2. The van der Waals surface area contributed by atoms with Crippen LogP contribution in [0.2, 0.25) is 0 Å². The Labute approximate surface area is 299 Å². The van der Waals surface area contributed by atoms with Crippen molar-refractivity contribution < 1.29 is 33.2 Å². The van der Waals surface area contributed by atoms with E-state index in [9.17, 15) is 33.2 Å². The molecule has 16 heteroatoms. The largest absolute Gasteiger partial charge is 0.358 e. The predicted octanol–water partition coefficient (Wildman–Crippen LogP) is 2.35. The van der Waals surface area contributed by atoms with Gasteiger partial charge in [0.15, 0.2) is 5.52 Å². The Morgan fingerprint density at radius 2 is 1.71 bits per heavy atom. The van der Waals surface area contributed by atoms with Crippen molar-refractivity contribution in [2.75, 3.05) is 64.4 Å². The number of aromatic nitrogens is 1. The van der Waals surface area contributed by atoms with Crippen LogP contribution in [0.3, 0.4) is 0 Å². The van der Waals surface area contributed by atoms with Crippen molar-refractivity contribution in [3.8, 4) is 0 Å². The van der Waals surface area contributed by atoms with Crippen LogP contribution in [0.15, 0.2) is 18.2 Å². The molecule has 2 atom stereocenters. The average Bonchev–Trinajstić information content (AvgIpc) is 3.54. The Morgan fingerprint density at radius 1 is 1.04 bits per heavy atom. The van der Waals surface area contributed by atoms with Crippen LogP contribution in [-0.4, -0.2) is 116 Å². The van der Waals surface area contributed by atoms with Gasteiger partial charge in [-0.1, -0.05) is 22.4 Å². The zero-order valence-electron chi connectivity index (χ0n) is 30.2. The van der Waals surface area contributed by atoms with Gasteiger partial charge in [0, 0.05) is 63.0 Å². The Hall–Kier alpha value is -4.46. The van der Waals surface area contributed by atoms with Crippen LogP contribution in [-0.2, 0) is 19.2 Å². The molecule has 1 unspecified atom stereocenters. The molecule has 6 N–H and O–H groups in total. The van der Waals surface area contributed by atoms with Gasteiger partial charge in [0.1, 0.15) is 5.82 Å². The van der Waals surface area contributed by atoms with Gasteiger partial charge in [0.25, 0.3) is 11.8 Å². The number of aromatic amines is 1. The molecule has 3 rings (SSSR count). The lowest BCUT2D eigenvalue weighted by molar-refractivity contribution is -0.127. The molecule has 0 fully saturated rings. The SMILES string of the molecule is CCN(CC)CCNC(=O)c1c(C)[nH]c(/C=C2\C(=O)N(C(=O)N(C)CCNC(=O)CCC(=O)N[C@H](CCN)C(=O)PC)c3ccc(F)cc32)c1C. The van der Waals surface area contributed by atoms with Gasteiger partial charge in [-0.3, -0.25) is 24.0 Å². The maximum absolute atomic E-state index is 14.5. The minimum absolute atomic E-state index is 0.0117. The highest BCUT2D eigenvalue weighted by Gasteiger charge is 2.38. The number of halogens is 1. The first-order valence-electron chi connectivity index (χ1n) is 17.1. The number of carbonyl (C=O) groups is 6. The molecule has 2 aromatic rings. The first-order valence-corrected chi connectivity index (χ1v) is 18.6. The summed E-state index contributed by atoms with van der Waals surface area (Å²) in [5, 5.41) is 8.22. The zero-order chi connectivity index (χ0) is 37.8. The minimum atomic E-state index is -0.690. The first-order chi connectivity index (χ1) is 24.3. The maximum atomic E-state index is 14.5. The van der Waals surface area contributed by atoms with E-state index in [0.717, 1.165) is 24.1 Å². The fraction of sp³-hybridized carbons (Fsp3) is 0.486. The summed E-state index contributed by atoms with van der Waals surface area (Å²) in [5.74, 6) is -2.39. The van der Waals surface area contributed by atoms with Crippen molar-refractivity contribution in [3.05, 3.63) is 52.1 Å². The first kappa shape index (κ1) is 41.0. The number of nitrogens with zero attached hydrogens (tertiary/aromatic N) is 3. The Balaban J connectivity index is 1.67. The van der Waals surface area contributed by atoms with Gasteiger partial charge in [-0.25, -0.2) is 14.1 Å². The Kier molecular flexibility index (Phi) is 15.4. The smallest absolute Gasteiger partial charge is 0.331 e. The highest BCUT2D eigenvalue weighted by molar-refractivity contribution is 7.57. The molecule has 51 heavy (non-hydrogen) atoms. The number of carbonyl (C=O) groups excluding carboxylic acids is 6. The minimum Gasteiger partial charge on any atom is -0.358 e. The fourth-order valence-corrected chi connectivity index (χ4v) is 6.34. The molecular formula is C35H50FN8O6P. The molecule has 1 aliphatic heterocycles. The van der Waals surface area contributed by atoms with Crippen LogP contribution < -0.4 is 26.6 Å². The molecule has 0 radical (unpaired) electrons. The van der Waals surface area contributed by atoms with Gasteiger partial charge >= 0.3 is 6.03 Å². The van der Waals surface area contributed by atoms with E-state index in [4.69, 9.17) is 5.73 Å². The molecule has 14 nitrogen and oxygen atoms in total. The van der Waals surface area contributed by atoms with Crippen molar-refractivity contribution in [3.63, 3.8) is 0 Å². The lowest BCUT2D eigenvalue weighted by atomic mass is 10.0. The number of hydrogen-bond donors (Lipinski definition) is 5. The van der Waals surface area contributed by atoms with Crippen LogP contribution in [0.5, 0.6) is 0 Å². The normalized spacial score (nSPS) is 13.9. The molecule has 0 aliphatic carbocycles. The molecule has 0 saturated carbocycles. The number of rotatable bonds is 18. The van der Waals surface area contributed by atoms with Crippen molar-refractivity contribution in [1.82, 2.24) is 30.7 Å². The molecular weight excluding hydrogens is 678 g/mol. The van der Waals surface area contributed by atoms with Crippen LogP contribution in [0.1, 0.15) is 66.0 Å². The van der Waals surface area contributed by atoms with E-state index in [1.165, 1.54) is 30.2 Å². The second kappa shape index (κ2) is 19.2. The van der Waals surface area contributed by atoms with Gasteiger partial charge in [-0.2, -0.15) is 0 Å². The maximum Gasteiger partial charge on any atom is 0.331 e. The number of likely N-dealkylation sites (N-methyl/N-ethyl adjacent to an activating group) is 2. The number of anilines is 1. The van der Waals surface area contributed by atoms with Crippen LogP contribution in [0, 0.1) is 19.7 Å². The van der Waals surface area contributed by atoms with Crippen LogP contribution >= 0.6 is 8.58 Å². The lowest BCUT2D eigenvalue weighted by Gasteiger charge is -2.23. The van der Waals surface area contributed by atoms with Gasteiger partial charge in [0.2, 0.25) is 11.8 Å². The summed E-state index contributed by atoms with van der Waals surface area (Å²) >= 11 is 0. The van der Waals surface area contributed by atoms with Crippen LogP contribution in [0.25, 0.3) is 11.6 Å². The number of urea groups is 1. The van der Waals surface area contributed by atoms with E-state index in [1.807, 2.05) is 0 Å². The number of fused-ring (bicyclic) bond motifs is 1. The second-order valence-corrected chi connectivity index (χ2v) is 13.2. The van der Waals surface area contributed by atoms with E-state index < -0.39 is 35.6 Å². The Bertz CT molecular complexity index is 1660. The van der Waals surface area contributed by atoms with E-state index >= 15 is 0 Å². The van der Waals surface area contributed by atoms with Gasteiger partial charge in [-0.05, 0) is 76.4 Å². The van der Waals surface area contributed by atoms with E-state index in [-0.39, 0.29) is 69.3 Å². The molecule has 0 saturated heterocycles. The summed E-state index contributed by atoms with van der Waals surface area (Å²) in [4.78, 5) is 84.7. The quantitative estimate of drug-likeness (QED) is 0.114. The summed E-state index contributed by atoms with van der Waals surface area (Å²) < 4.78 is 14.5. The molecule has 6 amide bonds. The molecule has 1 aliphatic rings. The van der Waals surface area contributed by atoms with Gasteiger partial charge in [0.05, 0.1) is 22.9 Å². The third-order valence-electron chi connectivity index (χ3n) is 8.74. The number of benzene rings is 1.